The van der Waals surface area contributed by atoms with Crippen LogP contribution < -0.4 is 43.8 Å². The third kappa shape index (κ3) is 15.9. The summed E-state index contributed by atoms with van der Waals surface area (Å²) in [6.45, 7) is 5.38. The van der Waals surface area contributed by atoms with E-state index in [0.29, 0.717) is 106 Å². The number of aryl methyl sites for hydroxylation is 2. The Balaban J connectivity index is 0.806. The highest BCUT2D eigenvalue weighted by molar-refractivity contribution is 6.30. The molecule has 458 valence electrons. The molecule has 1 fully saturated rings. The number of benzene rings is 5. The maximum absolute atomic E-state index is 14.6. The van der Waals surface area contributed by atoms with Gasteiger partial charge in [0.15, 0.2) is 35.4 Å². The number of ether oxygens (including phenoxy) is 10. The minimum Gasteiger partial charge on any atom is -0.497 e. The maximum Gasteiger partial charge on any atom is 0.329 e. The molecule has 3 heterocycles. The number of nitrogens with zero attached hydrogens (tertiary/aromatic N) is 5. The first-order valence-corrected chi connectivity index (χ1v) is 29.1. The zero-order chi connectivity index (χ0) is 61.1. The van der Waals surface area contributed by atoms with E-state index in [1.807, 2.05) is 73.0 Å². The van der Waals surface area contributed by atoms with Gasteiger partial charge in [-0.2, -0.15) is 0 Å². The molecule has 86 heavy (non-hydrogen) atoms. The lowest BCUT2D eigenvalue weighted by atomic mass is 9.91. The van der Waals surface area contributed by atoms with Crippen LogP contribution in [0.5, 0.6) is 40.2 Å². The summed E-state index contributed by atoms with van der Waals surface area (Å²) in [5, 5.41) is 15.1. The van der Waals surface area contributed by atoms with Crippen molar-refractivity contribution in [1.82, 2.24) is 30.3 Å². The van der Waals surface area contributed by atoms with Crippen molar-refractivity contribution in [3.05, 3.63) is 142 Å². The second kappa shape index (κ2) is 31.1. The predicted octanol–water partition coefficient (Wildman–Crippen LogP) is 8.70. The molecule has 3 amide bonds. The summed E-state index contributed by atoms with van der Waals surface area (Å²) in [6, 6.07) is 27.9. The molecule has 5 aromatic carbocycles. The molecule has 6 aromatic rings. The van der Waals surface area contributed by atoms with Crippen LogP contribution in [0.3, 0.4) is 0 Å². The Morgan fingerprint density at radius 3 is 2.08 bits per heavy atom. The third-order valence-corrected chi connectivity index (χ3v) is 15.2. The van der Waals surface area contributed by atoms with Gasteiger partial charge >= 0.3 is 5.97 Å². The lowest BCUT2D eigenvalue weighted by Gasteiger charge is -2.37. The Bertz CT molecular complexity index is 3290. The lowest BCUT2D eigenvalue weighted by molar-refractivity contribution is -0.162. The summed E-state index contributed by atoms with van der Waals surface area (Å²) in [5.41, 5.74) is 5.36. The molecule has 1 aromatic heterocycles. The molecule has 0 saturated carbocycles. The van der Waals surface area contributed by atoms with Crippen LogP contribution in [0.2, 0.25) is 5.02 Å². The number of carbonyl (C=O) groups is 4. The molecule has 21 nitrogen and oxygen atoms in total. The van der Waals surface area contributed by atoms with Crippen molar-refractivity contribution in [1.29, 1.82) is 0 Å². The first-order valence-electron chi connectivity index (χ1n) is 28.7. The molecule has 0 bridgehead atoms. The van der Waals surface area contributed by atoms with Crippen molar-refractivity contribution in [2.45, 2.75) is 82.9 Å². The summed E-state index contributed by atoms with van der Waals surface area (Å²) in [6.07, 6.45) is 2.49. The number of likely N-dealkylation sites (tertiary alicyclic amines) is 1. The Hall–Kier alpha value is -8.40. The van der Waals surface area contributed by atoms with Crippen molar-refractivity contribution >= 4 is 41.0 Å². The summed E-state index contributed by atoms with van der Waals surface area (Å²) >= 11 is 6.25. The van der Waals surface area contributed by atoms with Gasteiger partial charge in [0, 0.05) is 35.8 Å². The van der Waals surface area contributed by atoms with Crippen LogP contribution in [-0.4, -0.2) is 150 Å². The average molecular weight is 1200 g/mol. The van der Waals surface area contributed by atoms with Crippen molar-refractivity contribution < 1.29 is 66.5 Å². The SMILES string of the molecule is CC[C@H](C(=O)N1CCCC[C@H]1C(=O)O[C@H](CCc1ccc(OC)c(OC)c1)c1cccc(OCC(=O)NCCOCCOCCNC(=O)C[C@@H]2N=C(c3ccc(Cl)cc3)c3cc(OC)ccc3-n3c(C)nnc32)c1)c1cc(OC)c(OC)c(OC)c1. The number of hydrogen-bond donors (Lipinski definition) is 2. The van der Waals surface area contributed by atoms with E-state index in [4.69, 9.17) is 64.0 Å². The Morgan fingerprint density at radius 1 is 0.698 bits per heavy atom. The van der Waals surface area contributed by atoms with E-state index >= 15 is 0 Å². The van der Waals surface area contributed by atoms with Crippen LogP contribution in [0, 0.1) is 6.92 Å². The first kappa shape index (κ1) is 63.6. The fraction of sp³-hybridized carbons (Fsp3) is 0.422. The molecule has 0 spiro atoms. The van der Waals surface area contributed by atoms with Crippen LogP contribution in [0.1, 0.15) is 103 Å². The van der Waals surface area contributed by atoms with Gasteiger partial charge in [-0.3, -0.25) is 23.9 Å². The van der Waals surface area contributed by atoms with Crippen LogP contribution in [-0.2, 0) is 39.8 Å². The number of rotatable bonds is 30. The van der Waals surface area contributed by atoms with Gasteiger partial charge in [-0.1, -0.05) is 48.9 Å². The third-order valence-electron chi connectivity index (χ3n) is 15.0. The zero-order valence-corrected chi connectivity index (χ0v) is 50.7. The van der Waals surface area contributed by atoms with Gasteiger partial charge in [0.2, 0.25) is 17.6 Å². The van der Waals surface area contributed by atoms with E-state index in [2.05, 4.69) is 20.8 Å². The molecule has 2 N–H and O–H groups in total. The quantitative estimate of drug-likeness (QED) is 0.0317. The molecule has 8 rings (SSSR count). The van der Waals surface area contributed by atoms with Gasteiger partial charge in [0.05, 0.1) is 92.8 Å². The standard InChI is InChI=1S/C64H76ClN7O14/c1-9-48(44-35-56(80-6)61(82-8)57(36-44)81-7)63(75)71-28-11-10-15-52(71)64(76)86-53(24-16-41-17-25-54(78-4)55(33-41)79-5)43-13-12-14-47(34-43)85-39-59(74)67-27-30-84-32-31-83-29-26-66-58(73)38-50-62-70-69-40(2)72(62)51-23-22-46(77-3)37-49(51)60(68-50)42-18-20-45(65)21-19-42/h12-14,17-23,25,33-37,48,50,52-53H,9-11,15-16,24,26-32,38-39H2,1-8H3,(H,66,73)(H,67,74)/t48-,50-,52-,53+/m0/s1. The second-order valence-corrected chi connectivity index (χ2v) is 20.9. The second-order valence-electron chi connectivity index (χ2n) is 20.4. The highest BCUT2D eigenvalue weighted by atomic mass is 35.5. The van der Waals surface area contributed by atoms with E-state index in [9.17, 15) is 19.2 Å². The number of amides is 3. The number of halogens is 1. The topological polar surface area (TPSA) is 231 Å². The highest BCUT2D eigenvalue weighted by Gasteiger charge is 2.38. The van der Waals surface area contributed by atoms with E-state index < -0.39 is 30.1 Å². The largest absolute Gasteiger partial charge is 0.497 e. The van der Waals surface area contributed by atoms with Crippen LogP contribution in [0.15, 0.2) is 102 Å². The number of methoxy groups -OCH3 is 6. The monoisotopic (exact) mass is 1200 g/mol. The van der Waals surface area contributed by atoms with Crippen LogP contribution in [0.25, 0.3) is 5.69 Å². The number of fused-ring (bicyclic) bond motifs is 3. The van der Waals surface area contributed by atoms with E-state index in [-0.39, 0.29) is 70.3 Å². The molecule has 4 atom stereocenters. The van der Waals surface area contributed by atoms with Gasteiger partial charge in [0.1, 0.15) is 35.5 Å². The summed E-state index contributed by atoms with van der Waals surface area (Å²) in [7, 11) is 9.33. The lowest BCUT2D eigenvalue weighted by Crippen LogP contribution is -2.50. The Labute approximate surface area is 506 Å². The average Bonchev–Trinajstić information content (AvgIpc) is 2.23. The summed E-state index contributed by atoms with van der Waals surface area (Å²) in [5.74, 6) is 2.75. The smallest absolute Gasteiger partial charge is 0.329 e. The number of nitrogens with one attached hydrogen (secondary N) is 2. The number of aromatic nitrogens is 3. The summed E-state index contributed by atoms with van der Waals surface area (Å²) < 4.78 is 59.1. The van der Waals surface area contributed by atoms with Crippen molar-refractivity contribution in [2.75, 3.05) is 95.3 Å². The molecule has 2 aliphatic rings. The molecule has 22 heteroatoms. The number of hydrogen-bond acceptors (Lipinski definition) is 17. The van der Waals surface area contributed by atoms with Gasteiger partial charge in [-0.15, -0.1) is 10.2 Å². The van der Waals surface area contributed by atoms with Gasteiger partial charge in [-0.25, -0.2) is 4.79 Å². The number of piperidine rings is 1. The van der Waals surface area contributed by atoms with E-state index in [0.717, 1.165) is 35.2 Å². The van der Waals surface area contributed by atoms with Crippen molar-refractivity contribution in [2.24, 2.45) is 4.99 Å². The molecule has 0 radical (unpaired) electrons. The van der Waals surface area contributed by atoms with Gasteiger partial charge < -0.3 is 62.9 Å². The first-order chi connectivity index (χ1) is 41.8. The molecule has 0 aliphatic carbocycles. The molecule has 2 aliphatic heterocycles. The zero-order valence-electron chi connectivity index (χ0n) is 50.0. The Morgan fingerprint density at radius 2 is 1.41 bits per heavy atom. The predicted molar refractivity (Wildman–Crippen MR) is 322 cm³/mol. The van der Waals surface area contributed by atoms with Crippen LogP contribution >= 0.6 is 11.6 Å². The molecule has 0 unspecified atom stereocenters. The Kier molecular flexibility index (Phi) is 23.0. The van der Waals surface area contributed by atoms with Crippen molar-refractivity contribution in [3.8, 4) is 45.9 Å². The maximum atomic E-state index is 14.6. The van der Waals surface area contributed by atoms with Gasteiger partial charge in [0.25, 0.3) is 5.91 Å². The molecular weight excluding hydrogens is 1130 g/mol. The van der Waals surface area contributed by atoms with Gasteiger partial charge in [-0.05, 0) is 129 Å². The van der Waals surface area contributed by atoms with E-state index in [1.165, 1.54) is 21.3 Å². The molecule has 1 saturated heterocycles. The fourth-order valence-electron chi connectivity index (χ4n) is 10.6. The summed E-state index contributed by atoms with van der Waals surface area (Å²) in [4.78, 5) is 62.2. The van der Waals surface area contributed by atoms with E-state index in [1.54, 1.807) is 68.7 Å². The number of carbonyl (C=O) groups excluding carboxylic acids is 4. The van der Waals surface area contributed by atoms with Crippen molar-refractivity contribution in [3.63, 3.8) is 0 Å². The normalized spacial score (nSPS) is 15.1. The minimum absolute atomic E-state index is 0.0136. The van der Waals surface area contributed by atoms with Crippen LogP contribution in [0.4, 0.5) is 0 Å². The number of aliphatic imine (C=N–C) groups is 1. The number of esters is 1. The minimum atomic E-state index is -0.826. The highest BCUT2D eigenvalue weighted by Crippen LogP contribution is 2.42. The molecular formula is C64H76ClN7O14. The fourth-order valence-corrected chi connectivity index (χ4v) is 10.7.